The van der Waals surface area contributed by atoms with Crippen molar-refractivity contribution in [2.75, 3.05) is 14.1 Å². The molecule has 0 bridgehead atoms. The number of halogens is 2. The van der Waals surface area contributed by atoms with Crippen LogP contribution in [0.25, 0.3) is 0 Å². The van der Waals surface area contributed by atoms with Gasteiger partial charge in [-0.3, -0.25) is 0 Å². The van der Waals surface area contributed by atoms with Crippen molar-refractivity contribution in [3.8, 4) is 0 Å². The van der Waals surface area contributed by atoms with Crippen LogP contribution in [0.3, 0.4) is 0 Å². The highest BCUT2D eigenvalue weighted by molar-refractivity contribution is 8.93. The van der Waals surface area contributed by atoms with Crippen LogP contribution in [0.4, 0.5) is 0 Å². The van der Waals surface area contributed by atoms with E-state index in [0.29, 0.717) is 6.04 Å². The highest BCUT2D eigenvalue weighted by Gasteiger charge is 2.34. The first-order chi connectivity index (χ1) is 7.62. The molecule has 0 atom stereocenters. The molecule has 1 aromatic rings. The molecule has 104 valence electrons. The fraction of sp³-hybridized carbons (Fsp3) is 0.571. The lowest BCUT2D eigenvalue weighted by Gasteiger charge is -2.38. The minimum atomic E-state index is -0.590. The van der Waals surface area contributed by atoms with Crippen molar-refractivity contribution in [3.05, 3.63) is 35.9 Å². The molecule has 1 aliphatic carbocycles. The molecular weight excluding hydrogens is 358 g/mol. The van der Waals surface area contributed by atoms with Crippen LogP contribution >= 0.6 is 34.0 Å². The fourth-order valence-corrected chi connectivity index (χ4v) is 2.63. The van der Waals surface area contributed by atoms with Crippen LogP contribution in [0, 0.1) is 0 Å². The molecule has 0 amide bonds. The van der Waals surface area contributed by atoms with Crippen LogP contribution in [0.1, 0.15) is 31.2 Å². The van der Waals surface area contributed by atoms with E-state index in [-0.39, 0.29) is 34.0 Å². The summed E-state index contributed by atoms with van der Waals surface area (Å²) in [5.41, 5.74) is 0.487. The molecule has 1 N–H and O–H groups in total. The molecule has 0 radical (unpaired) electrons. The van der Waals surface area contributed by atoms with E-state index < -0.39 is 5.60 Å². The quantitative estimate of drug-likeness (QED) is 0.848. The third-order valence-electron chi connectivity index (χ3n) is 3.82. The van der Waals surface area contributed by atoms with E-state index in [0.717, 1.165) is 31.2 Å². The summed E-state index contributed by atoms with van der Waals surface area (Å²) in [6, 6.07) is 10.7. The summed E-state index contributed by atoms with van der Waals surface area (Å²) in [7, 11) is 4.25. The third-order valence-corrected chi connectivity index (χ3v) is 3.82. The van der Waals surface area contributed by atoms with Crippen LogP contribution in [-0.2, 0) is 5.60 Å². The third kappa shape index (κ3) is 4.05. The lowest BCUT2D eigenvalue weighted by atomic mass is 9.77. The minimum Gasteiger partial charge on any atom is -0.385 e. The molecule has 0 aliphatic heterocycles. The fourth-order valence-electron chi connectivity index (χ4n) is 2.63. The van der Waals surface area contributed by atoms with Gasteiger partial charge >= 0.3 is 0 Å². The Morgan fingerprint density at radius 3 is 2.00 bits per heavy atom. The van der Waals surface area contributed by atoms with Crippen LogP contribution in [0.15, 0.2) is 30.3 Å². The van der Waals surface area contributed by atoms with E-state index >= 15 is 0 Å². The van der Waals surface area contributed by atoms with Gasteiger partial charge < -0.3 is 10.0 Å². The maximum Gasteiger partial charge on any atom is 0.0897 e. The Morgan fingerprint density at radius 2 is 1.56 bits per heavy atom. The molecule has 4 heteroatoms. The van der Waals surface area contributed by atoms with Crippen LogP contribution < -0.4 is 0 Å². The van der Waals surface area contributed by atoms with E-state index in [9.17, 15) is 5.11 Å². The summed E-state index contributed by atoms with van der Waals surface area (Å²) in [5, 5.41) is 10.6. The largest absolute Gasteiger partial charge is 0.385 e. The topological polar surface area (TPSA) is 23.5 Å². The number of rotatable bonds is 2. The smallest absolute Gasteiger partial charge is 0.0897 e. The molecule has 0 unspecified atom stereocenters. The monoisotopic (exact) mass is 379 g/mol. The van der Waals surface area contributed by atoms with Gasteiger partial charge in [0.1, 0.15) is 0 Å². The van der Waals surface area contributed by atoms with E-state index in [1.165, 1.54) is 0 Å². The molecule has 2 nitrogen and oxygen atoms in total. The molecule has 0 saturated heterocycles. The predicted octanol–water partition coefficient (Wildman–Crippen LogP) is 3.53. The molecule has 0 heterocycles. The SMILES string of the molecule is Br.Br.CN(C)C1CCC(O)(c2ccccc2)CC1. The highest BCUT2D eigenvalue weighted by Crippen LogP contribution is 2.37. The van der Waals surface area contributed by atoms with Gasteiger partial charge in [-0.1, -0.05) is 30.3 Å². The number of hydrogen-bond acceptors (Lipinski definition) is 2. The van der Waals surface area contributed by atoms with E-state index in [1.54, 1.807) is 0 Å². The first-order valence-corrected chi connectivity index (χ1v) is 6.06. The van der Waals surface area contributed by atoms with Gasteiger partial charge in [0.15, 0.2) is 0 Å². The van der Waals surface area contributed by atoms with Crippen LogP contribution in [0.5, 0.6) is 0 Å². The van der Waals surface area contributed by atoms with E-state index in [2.05, 4.69) is 19.0 Å². The molecule has 1 aromatic carbocycles. The first-order valence-electron chi connectivity index (χ1n) is 6.06. The van der Waals surface area contributed by atoms with Crippen molar-refractivity contribution in [2.45, 2.75) is 37.3 Å². The van der Waals surface area contributed by atoms with Crippen molar-refractivity contribution < 1.29 is 5.11 Å². The first kappa shape index (κ1) is 18.1. The molecule has 1 fully saturated rings. The molecule has 0 aromatic heterocycles. The Bertz CT molecular complexity index is 335. The maximum atomic E-state index is 10.6. The maximum absolute atomic E-state index is 10.6. The highest BCUT2D eigenvalue weighted by atomic mass is 79.9. The van der Waals surface area contributed by atoms with Gasteiger partial charge in [-0.15, -0.1) is 34.0 Å². The van der Waals surface area contributed by atoms with Gasteiger partial charge in [0.2, 0.25) is 0 Å². The molecule has 18 heavy (non-hydrogen) atoms. The lowest BCUT2D eigenvalue weighted by molar-refractivity contribution is -0.0190. The standard InChI is InChI=1S/C14H21NO.2BrH/c1-15(2)13-8-10-14(16,11-9-13)12-6-4-3-5-7-12;;/h3-7,13,16H,8-11H2,1-2H3;2*1H. The second kappa shape index (κ2) is 7.63. The Balaban J connectivity index is 0.00000144. The number of hydrogen-bond donors (Lipinski definition) is 1. The Kier molecular flexibility index (Phi) is 7.67. The summed E-state index contributed by atoms with van der Waals surface area (Å²) in [6.07, 6.45) is 3.91. The van der Waals surface area contributed by atoms with Crippen LogP contribution in [0.2, 0.25) is 0 Å². The van der Waals surface area contributed by atoms with E-state index in [1.807, 2.05) is 30.3 Å². The minimum absolute atomic E-state index is 0. The number of benzene rings is 1. The number of nitrogens with zero attached hydrogens (tertiary/aromatic N) is 1. The zero-order valence-corrected chi connectivity index (χ0v) is 14.4. The van der Waals surface area contributed by atoms with Gasteiger partial charge in [-0.05, 0) is 45.3 Å². The summed E-state index contributed by atoms with van der Waals surface area (Å²) in [5.74, 6) is 0. The van der Waals surface area contributed by atoms with Crippen molar-refractivity contribution in [1.82, 2.24) is 4.90 Å². The second-order valence-electron chi connectivity index (χ2n) is 5.09. The van der Waals surface area contributed by atoms with Crippen molar-refractivity contribution in [2.24, 2.45) is 0 Å². The second-order valence-corrected chi connectivity index (χ2v) is 5.09. The average Bonchev–Trinajstić information content (AvgIpc) is 2.31. The summed E-state index contributed by atoms with van der Waals surface area (Å²) >= 11 is 0. The normalized spacial score (nSPS) is 27.2. The summed E-state index contributed by atoms with van der Waals surface area (Å²) < 4.78 is 0. The van der Waals surface area contributed by atoms with Gasteiger partial charge in [-0.25, -0.2) is 0 Å². The van der Waals surface area contributed by atoms with Crippen molar-refractivity contribution >= 4 is 34.0 Å². The molecule has 1 saturated carbocycles. The van der Waals surface area contributed by atoms with Gasteiger partial charge in [0, 0.05) is 6.04 Å². The molecule has 1 aliphatic rings. The van der Waals surface area contributed by atoms with Crippen LogP contribution in [-0.4, -0.2) is 30.1 Å². The predicted molar refractivity (Wildman–Crippen MR) is 86.9 cm³/mol. The zero-order chi connectivity index (χ0) is 11.6. The Morgan fingerprint density at radius 1 is 1.06 bits per heavy atom. The zero-order valence-electron chi connectivity index (χ0n) is 11.0. The Hall–Kier alpha value is 0.1000. The average molecular weight is 381 g/mol. The summed E-state index contributed by atoms with van der Waals surface area (Å²) in [6.45, 7) is 0. The molecule has 0 spiro atoms. The lowest BCUT2D eigenvalue weighted by Crippen LogP contribution is -2.39. The number of aliphatic hydroxyl groups is 1. The van der Waals surface area contributed by atoms with E-state index in [4.69, 9.17) is 0 Å². The Labute approximate surface area is 131 Å². The molecule has 2 rings (SSSR count). The van der Waals surface area contributed by atoms with Crippen molar-refractivity contribution in [3.63, 3.8) is 0 Å². The molecular formula is C14H23Br2NO. The summed E-state index contributed by atoms with van der Waals surface area (Å²) in [4.78, 5) is 2.27. The van der Waals surface area contributed by atoms with Gasteiger partial charge in [0.05, 0.1) is 5.60 Å². The van der Waals surface area contributed by atoms with Gasteiger partial charge in [0.25, 0.3) is 0 Å². The van der Waals surface area contributed by atoms with Crippen molar-refractivity contribution in [1.29, 1.82) is 0 Å². The van der Waals surface area contributed by atoms with Gasteiger partial charge in [-0.2, -0.15) is 0 Å².